The maximum absolute atomic E-state index is 11.9. The van der Waals surface area contributed by atoms with Gasteiger partial charge in [-0.1, -0.05) is 0 Å². The minimum absolute atomic E-state index is 0.103. The first-order chi connectivity index (χ1) is 11.1. The van der Waals surface area contributed by atoms with Crippen LogP contribution in [0.3, 0.4) is 0 Å². The smallest absolute Gasteiger partial charge is 0.271 e. The number of nitrogens with one attached hydrogen (secondary N) is 1. The van der Waals surface area contributed by atoms with Crippen LogP contribution in [-0.2, 0) is 0 Å². The third-order valence-corrected chi connectivity index (χ3v) is 3.00. The van der Waals surface area contributed by atoms with Crippen LogP contribution >= 0.6 is 0 Å². The number of benzene rings is 2. The second-order valence-corrected chi connectivity index (χ2v) is 4.59. The molecule has 2 aromatic rings. The van der Waals surface area contributed by atoms with Crippen LogP contribution in [0.25, 0.3) is 0 Å². The minimum Gasteiger partial charge on any atom is -0.508 e. The lowest BCUT2D eigenvalue weighted by molar-refractivity contribution is 0.0955. The van der Waals surface area contributed by atoms with Crippen LogP contribution in [0.15, 0.2) is 47.6 Å². The highest BCUT2D eigenvalue weighted by Gasteiger charge is 2.05. The third-order valence-electron chi connectivity index (χ3n) is 3.00. The normalized spacial score (nSPS) is 10.5. The van der Waals surface area contributed by atoms with Gasteiger partial charge in [-0.3, -0.25) is 4.79 Å². The van der Waals surface area contributed by atoms with E-state index in [4.69, 9.17) is 9.47 Å². The molecule has 23 heavy (non-hydrogen) atoms. The van der Waals surface area contributed by atoms with E-state index in [1.165, 1.54) is 30.5 Å². The van der Waals surface area contributed by atoms with E-state index >= 15 is 0 Å². The molecule has 0 unspecified atom stereocenters. The second-order valence-electron chi connectivity index (χ2n) is 4.59. The number of rotatable bonds is 6. The fourth-order valence-corrected chi connectivity index (χ4v) is 1.88. The molecule has 0 spiro atoms. The van der Waals surface area contributed by atoms with E-state index in [-0.39, 0.29) is 11.7 Å². The molecule has 6 heteroatoms. The van der Waals surface area contributed by atoms with Crippen LogP contribution in [0, 0.1) is 0 Å². The molecule has 0 bridgehead atoms. The van der Waals surface area contributed by atoms with Gasteiger partial charge in [-0.05, 0) is 55.0 Å². The maximum atomic E-state index is 11.9. The van der Waals surface area contributed by atoms with Gasteiger partial charge < -0.3 is 14.6 Å². The van der Waals surface area contributed by atoms with Crippen LogP contribution in [0.2, 0.25) is 0 Å². The fraction of sp³-hybridized carbons (Fsp3) is 0.176. The fourth-order valence-electron chi connectivity index (χ4n) is 1.88. The Bertz CT molecular complexity index is 696. The highest BCUT2D eigenvalue weighted by molar-refractivity contribution is 5.95. The van der Waals surface area contributed by atoms with Gasteiger partial charge in [-0.2, -0.15) is 5.10 Å². The van der Waals surface area contributed by atoms with Crippen molar-refractivity contribution in [2.45, 2.75) is 6.92 Å². The minimum atomic E-state index is -0.361. The second kappa shape index (κ2) is 7.84. The highest BCUT2D eigenvalue weighted by atomic mass is 16.5. The van der Waals surface area contributed by atoms with Crippen molar-refractivity contribution in [3.63, 3.8) is 0 Å². The molecule has 0 aromatic heterocycles. The van der Waals surface area contributed by atoms with E-state index in [0.717, 1.165) is 5.56 Å². The number of methoxy groups -OCH3 is 1. The average molecular weight is 314 g/mol. The van der Waals surface area contributed by atoms with Crippen molar-refractivity contribution in [2.75, 3.05) is 13.7 Å². The molecular weight excluding hydrogens is 296 g/mol. The number of carbonyl (C=O) groups is 1. The lowest BCUT2D eigenvalue weighted by atomic mass is 10.2. The van der Waals surface area contributed by atoms with E-state index in [0.29, 0.717) is 23.7 Å². The zero-order valence-corrected chi connectivity index (χ0v) is 12.9. The molecule has 6 nitrogen and oxygen atoms in total. The van der Waals surface area contributed by atoms with Crippen molar-refractivity contribution >= 4 is 12.1 Å². The molecule has 0 heterocycles. The Hall–Kier alpha value is -3.02. The first kappa shape index (κ1) is 16.4. The Balaban J connectivity index is 2.03. The lowest BCUT2D eigenvalue weighted by Gasteiger charge is -2.09. The summed E-state index contributed by atoms with van der Waals surface area (Å²) in [5, 5.41) is 13.1. The van der Waals surface area contributed by atoms with E-state index in [9.17, 15) is 9.90 Å². The summed E-state index contributed by atoms with van der Waals surface area (Å²) in [7, 11) is 1.57. The molecule has 0 atom stereocenters. The number of hydrogen-bond donors (Lipinski definition) is 2. The molecule has 2 rings (SSSR count). The van der Waals surface area contributed by atoms with Gasteiger partial charge in [0.05, 0.1) is 19.9 Å². The summed E-state index contributed by atoms with van der Waals surface area (Å²) >= 11 is 0. The Labute approximate surface area is 134 Å². The first-order valence-corrected chi connectivity index (χ1v) is 7.07. The number of amides is 1. The molecule has 0 radical (unpaired) electrons. The molecule has 2 N–H and O–H groups in total. The van der Waals surface area contributed by atoms with E-state index in [1.807, 2.05) is 6.92 Å². The van der Waals surface area contributed by atoms with Crippen LogP contribution in [-0.4, -0.2) is 30.9 Å². The van der Waals surface area contributed by atoms with E-state index in [2.05, 4.69) is 10.5 Å². The van der Waals surface area contributed by atoms with Crippen LogP contribution in [0.1, 0.15) is 22.8 Å². The summed E-state index contributed by atoms with van der Waals surface area (Å²) < 4.78 is 10.7. The summed E-state index contributed by atoms with van der Waals surface area (Å²) in [4.78, 5) is 11.9. The number of ether oxygens (including phenoxy) is 2. The Morgan fingerprint density at radius 3 is 2.61 bits per heavy atom. The molecule has 120 valence electrons. The van der Waals surface area contributed by atoms with Crippen molar-refractivity contribution in [3.8, 4) is 17.2 Å². The maximum Gasteiger partial charge on any atom is 0.271 e. The van der Waals surface area contributed by atoms with Crippen molar-refractivity contribution < 1.29 is 19.4 Å². The predicted octanol–water partition coefficient (Wildman–Crippen LogP) is 2.56. The summed E-state index contributed by atoms with van der Waals surface area (Å²) in [6.07, 6.45) is 1.51. The molecule has 0 aliphatic rings. The van der Waals surface area contributed by atoms with Crippen LogP contribution in [0.4, 0.5) is 0 Å². The zero-order valence-electron chi connectivity index (χ0n) is 12.9. The monoisotopic (exact) mass is 314 g/mol. The van der Waals surface area contributed by atoms with Gasteiger partial charge in [0.1, 0.15) is 5.75 Å². The third kappa shape index (κ3) is 4.47. The Morgan fingerprint density at radius 1 is 1.22 bits per heavy atom. The van der Waals surface area contributed by atoms with Crippen molar-refractivity contribution in [1.82, 2.24) is 5.43 Å². The summed E-state index contributed by atoms with van der Waals surface area (Å²) in [5.41, 5.74) is 3.60. The van der Waals surface area contributed by atoms with Gasteiger partial charge in [0.2, 0.25) is 0 Å². The number of phenols is 1. The standard InChI is InChI=1S/C17H18N2O4/c1-3-23-16-10-12(4-9-15(16)22-2)11-18-19-17(21)13-5-7-14(20)8-6-13/h4-11,20H,3H2,1-2H3,(H,19,21)/b18-11-. The summed E-state index contributed by atoms with van der Waals surface area (Å²) in [6.45, 7) is 2.41. The molecular formula is C17H18N2O4. The topological polar surface area (TPSA) is 80.2 Å². The lowest BCUT2D eigenvalue weighted by Crippen LogP contribution is -2.17. The first-order valence-electron chi connectivity index (χ1n) is 7.07. The molecule has 0 saturated carbocycles. The Morgan fingerprint density at radius 2 is 1.96 bits per heavy atom. The number of aromatic hydroxyl groups is 1. The van der Waals surface area contributed by atoms with Gasteiger partial charge in [0.15, 0.2) is 11.5 Å². The van der Waals surface area contributed by atoms with Gasteiger partial charge in [0, 0.05) is 5.56 Å². The highest BCUT2D eigenvalue weighted by Crippen LogP contribution is 2.27. The summed E-state index contributed by atoms with van der Waals surface area (Å²) in [5.74, 6) is 0.993. The average Bonchev–Trinajstić information content (AvgIpc) is 2.56. The molecule has 0 fully saturated rings. The molecule has 2 aromatic carbocycles. The zero-order chi connectivity index (χ0) is 16.7. The Kier molecular flexibility index (Phi) is 5.57. The van der Waals surface area contributed by atoms with Crippen LogP contribution < -0.4 is 14.9 Å². The predicted molar refractivity (Wildman–Crippen MR) is 87.3 cm³/mol. The van der Waals surface area contributed by atoms with Gasteiger partial charge in [0.25, 0.3) is 5.91 Å². The van der Waals surface area contributed by atoms with Gasteiger partial charge in [-0.15, -0.1) is 0 Å². The molecule has 1 amide bonds. The number of carbonyl (C=O) groups excluding carboxylic acids is 1. The van der Waals surface area contributed by atoms with Gasteiger partial charge >= 0.3 is 0 Å². The number of phenolic OH excluding ortho intramolecular Hbond substituents is 1. The number of nitrogens with zero attached hydrogens (tertiary/aromatic N) is 1. The van der Waals surface area contributed by atoms with Gasteiger partial charge in [-0.25, -0.2) is 5.43 Å². The number of hydrazone groups is 1. The van der Waals surface area contributed by atoms with Crippen molar-refractivity contribution in [1.29, 1.82) is 0 Å². The summed E-state index contributed by atoms with van der Waals surface area (Å²) in [6, 6.07) is 11.3. The van der Waals surface area contributed by atoms with E-state index < -0.39 is 0 Å². The van der Waals surface area contributed by atoms with Crippen LogP contribution in [0.5, 0.6) is 17.2 Å². The molecule has 0 aliphatic carbocycles. The molecule has 0 aliphatic heterocycles. The largest absolute Gasteiger partial charge is 0.508 e. The van der Waals surface area contributed by atoms with Crippen molar-refractivity contribution in [3.05, 3.63) is 53.6 Å². The molecule has 0 saturated heterocycles. The SMILES string of the molecule is CCOc1cc(/C=N\NC(=O)c2ccc(O)cc2)ccc1OC. The quantitative estimate of drug-likeness (QED) is 0.634. The van der Waals surface area contributed by atoms with Crippen molar-refractivity contribution in [2.24, 2.45) is 5.10 Å². The number of hydrogen-bond acceptors (Lipinski definition) is 5. The van der Waals surface area contributed by atoms with E-state index in [1.54, 1.807) is 25.3 Å².